The predicted octanol–water partition coefficient (Wildman–Crippen LogP) is 3.99. The van der Waals surface area contributed by atoms with E-state index in [0.717, 1.165) is 54.7 Å². The van der Waals surface area contributed by atoms with Gasteiger partial charge in [0.05, 0.1) is 19.9 Å². The van der Waals surface area contributed by atoms with Crippen molar-refractivity contribution in [1.29, 1.82) is 0 Å². The standard InChI is InChI=1S/C25H36N2O4.ClH/c1-25(2,3)21-16-20(29-4)10-11-23(21)31-18-19(28)17-26-12-14-27(15-13-26)22-8-6-7-9-24(22)30-5;/h6-11,16,19,28H,12-15,17-18H2,1-5H3;1H. The first-order valence-corrected chi connectivity index (χ1v) is 10.9. The molecule has 1 saturated heterocycles. The third kappa shape index (κ3) is 6.67. The van der Waals surface area contributed by atoms with Crippen LogP contribution in [-0.2, 0) is 5.41 Å². The lowest BCUT2D eigenvalue weighted by Crippen LogP contribution is -2.49. The molecule has 1 fully saturated rings. The van der Waals surface area contributed by atoms with Crippen molar-refractivity contribution in [2.45, 2.75) is 32.3 Å². The minimum atomic E-state index is -0.548. The third-order valence-electron chi connectivity index (χ3n) is 5.69. The van der Waals surface area contributed by atoms with E-state index < -0.39 is 6.10 Å². The van der Waals surface area contributed by atoms with Crippen LogP contribution >= 0.6 is 12.4 Å². The molecule has 1 aliphatic rings. The molecule has 0 aromatic heterocycles. The number of piperazine rings is 1. The molecular formula is C25H37ClN2O4. The first-order chi connectivity index (χ1) is 14.8. The molecule has 3 rings (SSSR count). The second-order valence-corrected chi connectivity index (χ2v) is 9.04. The highest BCUT2D eigenvalue weighted by Gasteiger charge is 2.23. The lowest BCUT2D eigenvalue weighted by atomic mass is 9.86. The Morgan fingerprint density at radius 2 is 1.62 bits per heavy atom. The Kier molecular flexibility index (Phi) is 9.49. The van der Waals surface area contributed by atoms with Crippen LogP contribution in [0.2, 0.25) is 0 Å². The molecule has 2 aromatic rings. The number of para-hydroxylation sites is 2. The van der Waals surface area contributed by atoms with Crippen LogP contribution in [0.4, 0.5) is 5.69 Å². The Hall–Kier alpha value is -2.15. The summed E-state index contributed by atoms with van der Waals surface area (Å²) in [7, 11) is 3.37. The number of ether oxygens (including phenoxy) is 3. The number of methoxy groups -OCH3 is 2. The van der Waals surface area contributed by atoms with Gasteiger partial charge in [-0.05, 0) is 35.7 Å². The molecule has 0 aliphatic carbocycles. The number of aliphatic hydroxyl groups is 1. The molecule has 0 amide bonds. The van der Waals surface area contributed by atoms with Crippen molar-refractivity contribution in [3.63, 3.8) is 0 Å². The highest BCUT2D eigenvalue weighted by Crippen LogP contribution is 2.34. The zero-order valence-electron chi connectivity index (χ0n) is 19.8. The van der Waals surface area contributed by atoms with Crippen LogP contribution in [0.15, 0.2) is 42.5 Å². The summed E-state index contributed by atoms with van der Waals surface area (Å²) in [5.74, 6) is 2.51. The summed E-state index contributed by atoms with van der Waals surface area (Å²) in [6.45, 7) is 10.9. The van der Waals surface area contributed by atoms with Gasteiger partial charge in [0, 0.05) is 38.3 Å². The van der Waals surface area contributed by atoms with E-state index in [-0.39, 0.29) is 24.4 Å². The van der Waals surface area contributed by atoms with E-state index in [1.807, 2.05) is 36.4 Å². The van der Waals surface area contributed by atoms with Crippen LogP contribution in [0.5, 0.6) is 17.2 Å². The number of benzene rings is 2. The number of nitrogens with zero attached hydrogens (tertiary/aromatic N) is 2. The topological polar surface area (TPSA) is 54.4 Å². The van der Waals surface area contributed by atoms with E-state index in [1.54, 1.807) is 14.2 Å². The van der Waals surface area contributed by atoms with Gasteiger partial charge in [0.15, 0.2) is 0 Å². The van der Waals surface area contributed by atoms with Gasteiger partial charge in [0.25, 0.3) is 0 Å². The van der Waals surface area contributed by atoms with Crippen LogP contribution in [0.1, 0.15) is 26.3 Å². The summed E-state index contributed by atoms with van der Waals surface area (Å²) in [6.07, 6.45) is -0.548. The lowest BCUT2D eigenvalue weighted by molar-refractivity contribution is 0.0656. The molecule has 1 atom stereocenters. The summed E-state index contributed by atoms with van der Waals surface area (Å²) in [5.41, 5.74) is 2.12. The second kappa shape index (κ2) is 11.6. The molecule has 1 aliphatic heterocycles. The number of β-amino-alcohol motifs (C(OH)–C–C–N with tert-alkyl or cyclic N) is 1. The molecule has 2 aromatic carbocycles. The van der Waals surface area contributed by atoms with Gasteiger partial charge >= 0.3 is 0 Å². The van der Waals surface area contributed by atoms with Gasteiger partial charge in [-0.15, -0.1) is 12.4 Å². The zero-order valence-corrected chi connectivity index (χ0v) is 20.7. The maximum atomic E-state index is 10.6. The van der Waals surface area contributed by atoms with Gasteiger partial charge in [-0.1, -0.05) is 32.9 Å². The summed E-state index contributed by atoms with van der Waals surface area (Å²) in [5, 5.41) is 10.6. The monoisotopic (exact) mass is 464 g/mol. The first-order valence-electron chi connectivity index (χ1n) is 10.9. The molecule has 178 valence electrons. The summed E-state index contributed by atoms with van der Waals surface area (Å²) >= 11 is 0. The molecule has 6 nitrogen and oxygen atoms in total. The Bertz CT molecular complexity index is 848. The average molecular weight is 465 g/mol. The summed E-state index contributed by atoms with van der Waals surface area (Å²) in [6, 6.07) is 14.0. The van der Waals surface area contributed by atoms with Crippen molar-refractivity contribution in [2.24, 2.45) is 0 Å². The number of rotatable bonds is 8. The smallest absolute Gasteiger partial charge is 0.142 e. The van der Waals surface area contributed by atoms with E-state index in [1.165, 1.54) is 0 Å². The minimum absolute atomic E-state index is 0. The second-order valence-electron chi connectivity index (χ2n) is 9.04. The molecule has 1 N–H and O–H groups in total. The van der Waals surface area contributed by atoms with Crippen molar-refractivity contribution in [3.8, 4) is 17.2 Å². The van der Waals surface area contributed by atoms with E-state index in [4.69, 9.17) is 14.2 Å². The Labute approximate surface area is 198 Å². The normalized spacial score (nSPS) is 15.6. The first kappa shape index (κ1) is 26.1. The number of halogens is 1. The average Bonchev–Trinajstić information content (AvgIpc) is 2.77. The highest BCUT2D eigenvalue weighted by molar-refractivity contribution is 5.85. The van der Waals surface area contributed by atoms with Crippen molar-refractivity contribution < 1.29 is 19.3 Å². The molecule has 1 unspecified atom stereocenters. The van der Waals surface area contributed by atoms with E-state index in [2.05, 4.69) is 36.6 Å². The number of anilines is 1. The molecule has 1 heterocycles. The van der Waals surface area contributed by atoms with E-state index >= 15 is 0 Å². The largest absolute Gasteiger partial charge is 0.497 e. The SMILES string of the molecule is COc1ccc(OCC(O)CN2CCN(c3ccccc3OC)CC2)c(C(C)(C)C)c1.Cl. The van der Waals surface area contributed by atoms with Crippen molar-refractivity contribution in [3.05, 3.63) is 48.0 Å². The van der Waals surface area contributed by atoms with Crippen LogP contribution in [0, 0.1) is 0 Å². The van der Waals surface area contributed by atoms with Crippen molar-refractivity contribution >= 4 is 18.1 Å². The molecule has 7 heteroatoms. The molecule has 0 radical (unpaired) electrons. The van der Waals surface area contributed by atoms with Gasteiger partial charge < -0.3 is 24.2 Å². The Morgan fingerprint density at radius 1 is 0.938 bits per heavy atom. The quantitative estimate of drug-likeness (QED) is 0.637. The molecular weight excluding hydrogens is 428 g/mol. The van der Waals surface area contributed by atoms with Crippen molar-refractivity contribution in [2.75, 3.05) is 58.5 Å². The fourth-order valence-corrected chi connectivity index (χ4v) is 3.95. The maximum Gasteiger partial charge on any atom is 0.142 e. The van der Waals surface area contributed by atoms with Gasteiger partial charge in [-0.2, -0.15) is 0 Å². The van der Waals surface area contributed by atoms with Crippen LogP contribution in [0.25, 0.3) is 0 Å². The van der Waals surface area contributed by atoms with Crippen LogP contribution < -0.4 is 19.1 Å². The molecule has 0 saturated carbocycles. The number of aliphatic hydroxyl groups excluding tert-OH is 1. The molecule has 0 bridgehead atoms. The fourth-order valence-electron chi connectivity index (χ4n) is 3.95. The van der Waals surface area contributed by atoms with Gasteiger partial charge in [-0.3, -0.25) is 4.90 Å². The zero-order chi connectivity index (χ0) is 22.4. The van der Waals surface area contributed by atoms with Crippen LogP contribution in [-0.4, -0.2) is 69.7 Å². The molecule has 32 heavy (non-hydrogen) atoms. The minimum Gasteiger partial charge on any atom is -0.497 e. The fraction of sp³-hybridized carbons (Fsp3) is 0.520. The summed E-state index contributed by atoms with van der Waals surface area (Å²) < 4.78 is 16.9. The van der Waals surface area contributed by atoms with Gasteiger partial charge in [0.1, 0.15) is 30.0 Å². The van der Waals surface area contributed by atoms with Gasteiger partial charge in [0.2, 0.25) is 0 Å². The lowest BCUT2D eigenvalue weighted by Gasteiger charge is -2.37. The van der Waals surface area contributed by atoms with E-state index in [0.29, 0.717) is 6.54 Å². The maximum absolute atomic E-state index is 10.6. The number of hydrogen-bond donors (Lipinski definition) is 1. The van der Waals surface area contributed by atoms with Crippen molar-refractivity contribution in [1.82, 2.24) is 4.90 Å². The predicted molar refractivity (Wildman–Crippen MR) is 132 cm³/mol. The van der Waals surface area contributed by atoms with E-state index in [9.17, 15) is 5.11 Å². The highest BCUT2D eigenvalue weighted by atomic mass is 35.5. The Morgan fingerprint density at radius 3 is 2.25 bits per heavy atom. The van der Waals surface area contributed by atoms with Gasteiger partial charge in [-0.25, -0.2) is 0 Å². The Balaban J connectivity index is 0.00000363. The summed E-state index contributed by atoms with van der Waals surface area (Å²) in [4.78, 5) is 4.63. The molecule has 0 spiro atoms. The third-order valence-corrected chi connectivity index (χ3v) is 5.69. The number of hydrogen-bond acceptors (Lipinski definition) is 6. The van der Waals surface area contributed by atoms with Crippen LogP contribution in [0.3, 0.4) is 0 Å².